The minimum Gasteiger partial charge on any atom is -0.303 e. The summed E-state index contributed by atoms with van der Waals surface area (Å²) in [4.78, 5) is 4.13. The molecule has 82 valence electrons. The molecule has 1 aromatic carbocycles. The maximum atomic E-state index is 9.18. The van der Waals surface area contributed by atoms with Gasteiger partial charge in [-0.15, -0.1) is 0 Å². The number of nitrogens with one attached hydrogen (secondary N) is 1. The lowest BCUT2D eigenvalue weighted by Crippen LogP contribution is -2.12. The molecular formula is C14H11N3. The molecule has 0 amide bonds. The van der Waals surface area contributed by atoms with Crippen LogP contribution in [0.3, 0.4) is 0 Å². The summed E-state index contributed by atoms with van der Waals surface area (Å²) >= 11 is 0. The van der Waals surface area contributed by atoms with Crippen LogP contribution < -0.4 is 0 Å². The molecule has 0 aliphatic rings. The van der Waals surface area contributed by atoms with E-state index in [1.807, 2.05) is 36.4 Å². The third-order valence-electron chi connectivity index (χ3n) is 2.49. The normalized spacial score (nSPS) is 11.5. The van der Waals surface area contributed by atoms with E-state index >= 15 is 0 Å². The third kappa shape index (κ3) is 2.37. The topological polar surface area (TPSA) is 60.5 Å². The Kier molecular flexibility index (Phi) is 3.27. The van der Waals surface area contributed by atoms with Crippen molar-refractivity contribution in [1.29, 1.82) is 10.7 Å². The summed E-state index contributed by atoms with van der Waals surface area (Å²) in [6.45, 7) is 0. The molecular weight excluding hydrogens is 210 g/mol. The van der Waals surface area contributed by atoms with Gasteiger partial charge in [0.15, 0.2) is 0 Å². The SMILES string of the molecule is N#CC(C(=N)c1ccccc1)c1ccccn1. The molecule has 1 unspecified atom stereocenters. The van der Waals surface area contributed by atoms with Gasteiger partial charge in [-0.05, 0) is 17.7 Å². The van der Waals surface area contributed by atoms with Crippen LogP contribution in [0.2, 0.25) is 0 Å². The first-order valence-electron chi connectivity index (χ1n) is 5.27. The van der Waals surface area contributed by atoms with E-state index in [1.54, 1.807) is 18.3 Å². The molecule has 1 heterocycles. The Bertz CT molecular complexity index is 541. The zero-order valence-electron chi connectivity index (χ0n) is 9.17. The van der Waals surface area contributed by atoms with Crippen molar-refractivity contribution in [3.05, 3.63) is 66.0 Å². The van der Waals surface area contributed by atoms with Crippen LogP contribution in [0.4, 0.5) is 0 Å². The largest absolute Gasteiger partial charge is 0.303 e. The van der Waals surface area contributed by atoms with Gasteiger partial charge in [-0.2, -0.15) is 5.26 Å². The van der Waals surface area contributed by atoms with Gasteiger partial charge in [0, 0.05) is 6.20 Å². The first kappa shape index (κ1) is 11.0. The van der Waals surface area contributed by atoms with Crippen LogP contribution >= 0.6 is 0 Å². The van der Waals surface area contributed by atoms with Gasteiger partial charge in [0.25, 0.3) is 0 Å². The molecule has 3 heteroatoms. The van der Waals surface area contributed by atoms with Gasteiger partial charge in [0.05, 0.1) is 17.5 Å². The molecule has 0 saturated carbocycles. The molecule has 1 atom stereocenters. The summed E-state index contributed by atoms with van der Waals surface area (Å²) in [6, 6.07) is 16.8. The van der Waals surface area contributed by atoms with Crippen LogP contribution in [-0.2, 0) is 0 Å². The Hall–Kier alpha value is -2.47. The van der Waals surface area contributed by atoms with Crippen molar-refractivity contribution >= 4 is 5.71 Å². The van der Waals surface area contributed by atoms with E-state index in [9.17, 15) is 5.26 Å². The molecule has 2 rings (SSSR count). The number of nitriles is 1. The van der Waals surface area contributed by atoms with Crippen LogP contribution in [-0.4, -0.2) is 10.7 Å². The number of nitrogens with zero attached hydrogens (tertiary/aromatic N) is 2. The number of benzene rings is 1. The second-order valence-electron chi connectivity index (χ2n) is 3.60. The van der Waals surface area contributed by atoms with Crippen LogP contribution in [0.15, 0.2) is 54.7 Å². The lowest BCUT2D eigenvalue weighted by atomic mass is 9.95. The predicted molar refractivity (Wildman–Crippen MR) is 65.9 cm³/mol. The zero-order chi connectivity index (χ0) is 12.1. The van der Waals surface area contributed by atoms with Crippen molar-refractivity contribution in [3.8, 4) is 6.07 Å². The van der Waals surface area contributed by atoms with Gasteiger partial charge >= 0.3 is 0 Å². The van der Waals surface area contributed by atoms with Crippen molar-refractivity contribution in [2.45, 2.75) is 5.92 Å². The Morgan fingerprint density at radius 3 is 2.41 bits per heavy atom. The summed E-state index contributed by atoms with van der Waals surface area (Å²) in [5.41, 5.74) is 1.65. The lowest BCUT2D eigenvalue weighted by Gasteiger charge is -2.10. The van der Waals surface area contributed by atoms with Crippen molar-refractivity contribution in [2.75, 3.05) is 0 Å². The maximum absolute atomic E-state index is 9.18. The standard InChI is InChI=1S/C14H11N3/c15-10-12(13-8-4-5-9-17-13)14(16)11-6-2-1-3-7-11/h1-9,12,16H. The Morgan fingerprint density at radius 1 is 1.12 bits per heavy atom. The number of rotatable bonds is 3. The molecule has 0 radical (unpaired) electrons. The van der Waals surface area contributed by atoms with E-state index in [2.05, 4.69) is 11.1 Å². The van der Waals surface area contributed by atoms with E-state index < -0.39 is 5.92 Å². The van der Waals surface area contributed by atoms with E-state index in [0.29, 0.717) is 5.69 Å². The molecule has 1 N–H and O–H groups in total. The van der Waals surface area contributed by atoms with Crippen LogP contribution in [0.1, 0.15) is 17.2 Å². The summed E-state index contributed by atoms with van der Waals surface area (Å²) in [7, 11) is 0. The van der Waals surface area contributed by atoms with Gasteiger partial charge in [0.1, 0.15) is 5.92 Å². The number of aromatic nitrogens is 1. The zero-order valence-corrected chi connectivity index (χ0v) is 9.17. The van der Waals surface area contributed by atoms with Gasteiger partial charge in [-0.1, -0.05) is 36.4 Å². The second kappa shape index (κ2) is 5.04. The smallest absolute Gasteiger partial charge is 0.130 e. The first-order chi connectivity index (χ1) is 8.33. The Balaban J connectivity index is 2.33. The highest BCUT2D eigenvalue weighted by Gasteiger charge is 2.18. The van der Waals surface area contributed by atoms with Crippen LogP contribution in [0, 0.1) is 16.7 Å². The van der Waals surface area contributed by atoms with Crippen molar-refractivity contribution in [1.82, 2.24) is 4.98 Å². The Morgan fingerprint density at radius 2 is 1.82 bits per heavy atom. The second-order valence-corrected chi connectivity index (χ2v) is 3.60. The molecule has 0 fully saturated rings. The van der Waals surface area contributed by atoms with E-state index in [-0.39, 0.29) is 5.71 Å². The minimum atomic E-state index is -0.612. The summed E-state index contributed by atoms with van der Waals surface area (Å²) in [5.74, 6) is -0.612. The molecule has 2 aromatic rings. The van der Waals surface area contributed by atoms with Gasteiger partial charge in [-0.3, -0.25) is 4.98 Å². The van der Waals surface area contributed by atoms with Gasteiger partial charge in [0.2, 0.25) is 0 Å². The van der Waals surface area contributed by atoms with Crippen molar-refractivity contribution in [3.63, 3.8) is 0 Å². The summed E-state index contributed by atoms with van der Waals surface area (Å²) < 4.78 is 0. The average Bonchev–Trinajstić information content (AvgIpc) is 2.42. The molecule has 0 spiro atoms. The average molecular weight is 221 g/mol. The van der Waals surface area contributed by atoms with Crippen LogP contribution in [0.5, 0.6) is 0 Å². The quantitative estimate of drug-likeness (QED) is 0.810. The molecule has 0 aliphatic heterocycles. The highest BCUT2D eigenvalue weighted by Crippen LogP contribution is 2.17. The summed E-state index contributed by atoms with van der Waals surface area (Å²) in [6.07, 6.45) is 1.64. The van der Waals surface area contributed by atoms with Gasteiger partial charge < -0.3 is 5.41 Å². The monoisotopic (exact) mass is 221 g/mol. The number of hydrogen-bond acceptors (Lipinski definition) is 3. The fraction of sp³-hybridized carbons (Fsp3) is 0.0714. The van der Waals surface area contributed by atoms with E-state index in [0.717, 1.165) is 5.56 Å². The molecule has 0 aliphatic carbocycles. The van der Waals surface area contributed by atoms with Gasteiger partial charge in [-0.25, -0.2) is 0 Å². The molecule has 17 heavy (non-hydrogen) atoms. The molecule has 1 aromatic heterocycles. The fourth-order valence-corrected chi connectivity index (χ4v) is 1.61. The highest BCUT2D eigenvalue weighted by atomic mass is 14.7. The lowest BCUT2D eigenvalue weighted by molar-refractivity contribution is 1.03. The highest BCUT2D eigenvalue weighted by molar-refractivity contribution is 6.04. The number of pyridine rings is 1. The number of hydrogen-bond donors (Lipinski definition) is 1. The molecule has 0 saturated heterocycles. The predicted octanol–water partition coefficient (Wildman–Crippen LogP) is 2.76. The van der Waals surface area contributed by atoms with Crippen molar-refractivity contribution < 1.29 is 0 Å². The first-order valence-corrected chi connectivity index (χ1v) is 5.27. The van der Waals surface area contributed by atoms with Crippen LogP contribution in [0.25, 0.3) is 0 Å². The summed E-state index contributed by atoms with van der Waals surface area (Å²) in [5, 5.41) is 17.2. The maximum Gasteiger partial charge on any atom is 0.130 e. The molecule has 0 bridgehead atoms. The van der Waals surface area contributed by atoms with Crippen molar-refractivity contribution in [2.24, 2.45) is 0 Å². The Labute approximate surface area is 99.9 Å². The minimum absolute atomic E-state index is 0.284. The van der Waals surface area contributed by atoms with E-state index in [1.165, 1.54) is 0 Å². The third-order valence-corrected chi connectivity index (χ3v) is 2.49. The molecule has 3 nitrogen and oxygen atoms in total. The fourth-order valence-electron chi connectivity index (χ4n) is 1.61. The van der Waals surface area contributed by atoms with E-state index in [4.69, 9.17) is 5.41 Å².